The standard InChI is InChI=1S/C19H22O2S/c1-5-19(2,3)18(20)16-8-6-7-9-17(16)22-15-12-10-14(21-4)11-13-15/h5-13,18,20H,1H2,2-4H3. The predicted octanol–water partition coefficient (Wildman–Crippen LogP) is 5.09. The maximum absolute atomic E-state index is 10.7. The van der Waals surface area contributed by atoms with Gasteiger partial charge in [-0.3, -0.25) is 0 Å². The number of rotatable bonds is 6. The molecule has 2 aromatic carbocycles. The zero-order valence-corrected chi connectivity index (χ0v) is 14.1. The molecular weight excluding hydrogens is 292 g/mol. The van der Waals surface area contributed by atoms with E-state index in [4.69, 9.17) is 4.74 Å². The van der Waals surface area contributed by atoms with Crippen LogP contribution in [0.2, 0.25) is 0 Å². The first-order valence-corrected chi connectivity index (χ1v) is 8.02. The van der Waals surface area contributed by atoms with Crippen molar-refractivity contribution < 1.29 is 9.84 Å². The van der Waals surface area contributed by atoms with Gasteiger partial charge in [-0.2, -0.15) is 0 Å². The molecule has 0 saturated carbocycles. The van der Waals surface area contributed by atoms with Crippen LogP contribution in [-0.2, 0) is 0 Å². The molecule has 116 valence electrons. The summed E-state index contributed by atoms with van der Waals surface area (Å²) < 4.78 is 5.18. The fourth-order valence-electron chi connectivity index (χ4n) is 2.08. The lowest BCUT2D eigenvalue weighted by atomic mass is 9.83. The van der Waals surface area contributed by atoms with Gasteiger partial charge >= 0.3 is 0 Å². The van der Waals surface area contributed by atoms with E-state index in [9.17, 15) is 5.11 Å². The van der Waals surface area contributed by atoms with Gasteiger partial charge in [0.1, 0.15) is 5.75 Å². The largest absolute Gasteiger partial charge is 0.497 e. The van der Waals surface area contributed by atoms with E-state index in [1.807, 2.05) is 62.4 Å². The first kappa shape index (κ1) is 16.7. The molecule has 2 aromatic rings. The summed E-state index contributed by atoms with van der Waals surface area (Å²) in [6, 6.07) is 15.9. The van der Waals surface area contributed by atoms with Crippen LogP contribution in [0, 0.1) is 5.41 Å². The second kappa shape index (κ2) is 7.03. The molecule has 0 radical (unpaired) electrons. The van der Waals surface area contributed by atoms with E-state index < -0.39 is 6.10 Å². The van der Waals surface area contributed by atoms with Crippen LogP contribution >= 0.6 is 11.8 Å². The number of hydrogen-bond donors (Lipinski definition) is 1. The Balaban J connectivity index is 2.29. The van der Waals surface area contributed by atoms with E-state index >= 15 is 0 Å². The summed E-state index contributed by atoms with van der Waals surface area (Å²) in [5.74, 6) is 0.838. The minimum Gasteiger partial charge on any atom is -0.497 e. The van der Waals surface area contributed by atoms with E-state index in [1.165, 1.54) is 0 Å². The lowest BCUT2D eigenvalue weighted by Crippen LogP contribution is -2.19. The third kappa shape index (κ3) is 3.73. The van der Waals surface area contributed by atoms with E-state index in [0.29, 0.717) is 0 Å². The van der Waals surface area contributed by atoms with Crippen LogP contribution in [0.5, 0.6) is 5.75 Å². The number of benzene rings is 2. The molecule has 0 amide bonds. The molecule has 0 bridgehead atoms. The van der Waals surface area contributed by atoms with Gasteiger partial charge in [-0.15, -0.1) is 6.58 Å². The minimum atomic E-state index is -0.591. The van der Waals surface area contributed by atoms with Crippen LogP contribution in [0.15, 0.2) is 71.0 Å². The number of aliphatic hydroxyl groups excluding tert-OH is 1. The highest BCUT2D eigenvalue weighted by Gasteiger charge is 2.27. The average molecular weight is 314 g/mol. The third-order valence-corrected chi connectivity index (χ3v) is 4.83. The lowest BCUT2D eigenvalue weighted by Gasteiger charge is -2.28. The fourth-order valence-corrected chi connectivity index (χ4v) is 3.05. The van der Waals surface area contributed by atoms with Crippen molar-refractivity contribution in [2.24, 2.45) is 5.41 Å². The van der Waals surface area contributed by atoms with Crippen molar-refractivity contribution in [1.29, 1.82) is 0 Å². The van der Waals surface area contributed by atoms with Crippen LogP contribution < -0.4 is 4.74 Å². The predicted molar refractivity (Wildman–Crippen MR) is 92.5 cm³/mol. The van der Waals surface area contributed by atoms with Crippen molar-refractivity contribution in [1.82, 2.24) is 0 Å². The average Bonchev–Trinajstić information content (AvgIpc) is 2.55. The molecule has 0 aliphatic rings. The topological polar surface area (TPSA) is 29.5 Å². The van der Waals surface area contributed by atoms with Crippen LogP contribution in [0.1, 0.15) is 25.5 Å². The maximum Gasteiger partial charge on any atom is 0.118 e. The molecule has 0 saturated heterocycles. The van der Waals surface area contributed by atoms with Gasteiger partial charge < -0.3 is 9.84 Å². The molecule has 1 atom stereocenters. The van der Waals surface area contributed by atoms with Gasteiger partial charge in [0, 0.05) is 15.2 Å². The Labute approximate surface area is 136 Å². The van der Waals surface area contributed by atoms with E-state index in [2.05, 4.69) is 6.58 Å². The molecule has 3 heteroatoms. The molecule has 0 spiro atoms. The smallest absolute Gasteiger partial charge is 0.118 e. The maximum atomic E-state index is 10.7. The van der Waals surface area contributed by atoms with Crippen molar-refractivity contribution in [2.75, 3.05) is 7.11 Å². The first-order valence-electron chi connectivity index (χ1n) is 7.20. The molecule has 2 rings (SSSR count). The normalized spacial score (nSPS) is 12.7. The van der Waals surface area contributed by atoms with Crippen LogP contribution in [0.25, 0.3) is 0 Å². The monoisotopic (exact) mass is 314 g/mol. The van der Waals surface area contributed by atoms with E-state index in [-0.39, 0.29) is 5.41 Å². The van der Waals surface area contributed by atoms with E-state index in [1.54, 1.807) is 24.9 Å². The molecule has 1 N–H and O–H groups in total. The number of ether oxygens (including phenoxy) is 1. The molecule has 0 fully saturated rings. The Morgan fingerprint density at radius 3 is 2.36 bits per heavy atom. The summed E-state index contributed by atoms with van der Waals surface area (Å²) in [6.45, 7) is 7.80. The van der Waals surface area contributed by atoms with Gasteiger partial charge in [0.05, 0.1) is 13.2 Å². The Bertz CT molecular complexity index is 632. The lowest BCUT2D eigenvalue weighted by molar-refractivity contribution is 0.0799. The van der Waals surface area contributed by atoms with Crippen molar-refractivity contribution >= 4 is 11.8 Å². The summed E-state index contributed by atoms with van der Waals surface area (Å²) in [5, 5.41) is 10.7. The van der Waals surface area contributed by atoms with Gasteiger partial charge in [0.2, 0.25) is 0 Å². The van der Waals surface area contributed by atoms with Gasteiger partial charge in [-0.05, 0) is 35.9 Å². The van der Waals surface area contributed by atoms with Crippen LogP contribution in [-0.4, -0.2) is 12.2 Å². The SMILES string of the molecule is C=CC(C)(C)C(O)c1ccccc1Sc1ccc(OC)cc1. The molecule has 0 aromatic heterocycles. The van der Waals surface area contributed by atoms with Crippen LogP contribution in [0.3, 0.4) is 0 Å². The molecule has 2 nitrogen and oxygen atoms in total. The Morgan fingerprint density at radius 2 is 1.77 bits per heavy atom. The van der Waals surface area contributed by atoms with Crippen LogP contribution in [0.4, 0.5) is 0 Å². The van der Waals surface area contributed by atoms with Gasteiger partial charge in [0.25, 0.3) is 0 Å². The third-order valence-electron chi connectivity index (χ3n) is 3.73. The summed E-state index contributed by atoms with van der Waals surface area (Å²) in [5.41, 5.74) is 0.546. The molecule has 0 aliphatic heterocycles. The van der Waals surface area contributed by atoms with Gasteiger partial charge in [0.15, 0.2) is 0 Å². The molecule has 1 unspecified atom stereocenters. The highest BCUT2D eigenvalue weighted by molar-refractivity contribution is 7.99. The summed E-state index contributed by atoms with van der Waals surface area (Å²) in [4.78, 5) is 2.16. The van der Waals surface area contributed by atoms with Crippen molar-refractivity contribution in [3.05, 3.63) is 66.7 Å². The second-order valence-corrected chi connectivity index (χ2v) is 6.86. The van der Waals surface area contributed by atoms with Crippen molar-refractivity contribution in [2.45, 2.75) is 29.7 Å². The van der Waals surface area contributed by atoms with Gasteiger partial charge in [-0.1, -0.05) is 49.9 Å². The summed E-state index contributed by atoms with van der Waals surface area (Å²) in [6.07, 6.45) is 1.21. The molecule has 0 aliphatic carbocycles. The highest BCUT2D eigenvalue weighted by atomic mass is 32.2. The Morgan fingerprint density at radius 1 is 1.14 bits per heavy atom. The molecular formula is C19H22O2S. The number of methoxy groups -OCH3 is 1. The van der Waals surface area contributed by atoms with Crippen molar-refractivity contribution in [3.8, 4) is 5.75 Å². The van der Waals surface area contributed by atoms with Gasteiger partial charge in [-0.25, -0.2) is 0 Å². The molecule has 22 heavy (non-hydrogen) atoms. The first-order chi connectivity index (χ1) is 10.5. The zero-order chi connectivity index (χ0) is 16.2. The number of aliphatic hydroxyl groups is 1. The molecule has 0 heterocycles. The second-order valence-electron chi connectivity index (χ2n) is 5.74. The quantitative estimate of drug-likeness (QED) is 0.753. The number of hydrogen-bond acceptors (Lipinski definition) is 3. The van der Waals surface area contributed by atoms with Crippen molar-refractivity contribution in [3.63, 3.8) is 0 Å². The highest BCUT2D eigenvalue weighted by Crippen LogP contribution is 2.40. The Kier molecular flexibility index (Phi) is 5.33. The summed E-state index contributed by atoms with van der Waals surface area (Å²) >= 11 is 1.64. The minimum absolute atomic E-state index is 0.378. The zero-order valence-electron chi connectivity index (χ0n) is 13.2. The fraction of sp³-hybridized carbons (Fsp3) is 0.263. The van der Waals surface area contributed by atoms with E-state index in [0.717, 1.165) is 21.1 Å². The Hall–Kier alpha value is -1.71. The summed E-state index contributed by atoms with van der Waals surface area (Å²) in [7, 11) is 1.66.